The third kappa shape index (κ3) is 5.89. The predicted molar refractivity (Wildman–Crippen MR) is 74.9 cm³/mol. The molecule has 0 saturated heterocycles. The molecule has 0 radical (unpaired) electrons. The van der Waals surface area contributed by atoms with Crippen molar-refractivity contribution in [3.05, 3.63) is 34.3 Å². The van der Waals surface area contributed by atoms with Gasteiger partial charge in [-0.15, -0.1) is 0 Å². The minimum atomic E-state index is 0.303. The van der Waals surface area contributed by atoms with E-state index in [4.69, 9.17) is 5.11 Å². The van der Waals surface area contributed by atoms with E-state index < -0.39 is 0 Å². The number of thioether (sulfide) groups is 1. The average Bonchev–Trinajstić information content (AvgIpc) is 2.30. The second kappa shape index (κ2) is 9.05. The number of rotatable bonds is 8. The highest BCUT2D eigenvalue weighted by molar-refractivity contribution is 9.10. The van der Waals surface area contributed by atoms with Crippen molar-refractivity contribution < 1.29 is 5.11 Å². The molecule has 16 heavy (non-hydrogen) atoms. The van der Waals surface area contributed by atoms with Gasteiger partial charge in [0.1, 0.15) is 0 Å². The van der Waals surface area contributed by atoms with Crippen molar-refractivity contribution in [2.75, 3.05) is 24.7 Å². The van der Waals surface area contributed by atoms with E-state index in [9.17, 15) is 0 Å². The summed E-state index contributed by atoms with van der Waals surface area (Å²) in [5.74, 6) is 2.15. The minimum Gasteiger partial charge on any atom is -0.396 e. The second-order valence-electron chi connectivity index (χ2n) is 3.46. The molecule has 2 N–H and O–H groups in total. The smallest absolute Gasteiger partial charge is 0.0438 e. The summed E-state index contributed by atoms with van der Waals surface area (Å²) < 4.78 is 1.16. The van der Waals surface area contributed by atoms with E-state index in [2.05, 4.69) is 39.4 Å². The summed E-state index contributed by atoms with van der Waals surface area (Å²) in [5.41, 5.74) is 1.29. The first-order valence-electron chi connectivity index (χ1n) is 5.47. The highest BCUT2D eigenvalue weighted by atomic mass is 79.9. The molecule has 0 aliphatic rings. The molecule has 0 spiro atoms. The Morgan fingerprint density at radius 2 is 2.06 bits per heavy atom. The summed E-state index contributed by atoms with van der Waals surface area (Å²) in [6.45, 7) is 2.22. The fraction of sp³-hybridized carbons (Fsp3) is 0.500. The number of hydrogen-bond donors (Lipinski definition) is 2. The van der Waals surface area contributed by atoms with Gasteiger partial charge in [-0.1, -0.05) is 34.1 Å². The number of aliphatic hydroxyl groups is 1. The SMILES string of the molecule is OCCCSCCNCc1ccccc1Br. The number of hydrogen-bond acceptors (Lipinski definition) is 3. The lowest BCUT2D eigenvalue weighted by Gasteiger charge is -2.06. The molecule has 0 saturated carbocycles. The van der Waals surface area contributed by atoms with Crippen molar-refractivity contribution >= 4 is 27.7 Å². The van der Waals surface area contributed by atoms with E-state index in [1.807, 2.05) is 17.8 Å². The van der Waals surface area contributed by atoms with Crippen molar-refractivity contribution in [2.45, 2.75) is 13.0 Å². The predicted octanol–water partition coefficient (Wildman–Crippen LogP) is 2.65. The van der Waals surface area contributed by atoms with Crippen molar-refractivity contribution in [2.24, 2.45) is 0 Å². The number of benzene rings is 1. The molecule has 2 nitrogen and oxygen atoms in total. The van der Waals surface area contributed by atoms with Gasteiger partial charge in [0.2, 0.25) is 0 Å². The van der Waals surface area contributed by atoms with Crippen LogP contribution >= 0.6 is 27.7 Å². The lowest BCUT2D eigenvalue weighted by molar-refractivity contribution is 0.296. The molecule has 0 bridgehead atoms. The summed E-state index contributed by atoms with van der Waals surface area (Å²) in [4.78, 5) is 0. The maximum atomic E-state index is 8.61. The van der Waals surface area contributed by atoms with Gasteiger partial charge >= 0.3 is 0 Å². The van der Waals surface area contributed by atoms with Crippen LogP contribution in [0.25, 0.3) is 0 Å². The van der Waals surface area contributed by atoms with Crippen LogP contribution in [0.5, 0.6) is 0 Å². The maximum Gasteiger partial charge on any atom is 0.0438 e. The standard InChI is InChI=1S/C12H18BrNOS/c13-12-5-2-1-4-11(12)10-14-6-9-16-8-3-7-15/h1-2,4-5,14-15H,3,6-10H2. The highest BCUT2D eigenvalue weighted by Crippen LogP contribution is 2.15. The molecule has 0 atom stereocenters. The van der Waals surface area contributed by atoms with E-state index in [1.165, 1.54) is 5.56 Å². The molecule has 1 aromatic rings. The Morgan fingerprint density at radius 3 is 2.81 bits per heavy atom. The van der Waals surface area contributed by atoms with Gasteiger partial charge in [-0.25, -0.2) is 0 Å². The third-order valence-corrected chi connectivity index (χ3v) is 3.99. The topological polar surface area (TPSA) is 32.3 Å². The Labute approximate surface area is 110 Å². The number of aliphatic hydroxyl groups excluding tert-OH is 1. The monoisotopic (exact) mass is 303 g/mol. The van der Waals surface area contributed by atoms with Gasteiger partial charge in [-0.2, -0.15) is 11.8 Å². The summed E-state index contributed by atoms with van der Waals surface area (Å²) in [6.07, 6.45) is 0.898. The normalized spacial score (nSPS) is 10.6. The van der Waals surface area contributed by atoms with E-state index >= 15 is 0 Å². The van der Waals surface area contributed by atoms with Crippen LogP contribution in [0.3, 0.4) is 0 Å². The molecule has 1 aromatic carbocycles. The van der Waals surface area contributed by atoms with E-state index in [0.29, 0.717) is 6.61 Å². The molecular formula is C12H18BrNOS. The van der Waals surface area contributed by atoms with Crippen LogP contribution in [-0.4, -0.2) is 29.8 Å². The Hall–Kier alpha value is -0.0300. The van der Waals surface area contributed by atoms with Gasteiger partial charge < -0.3 is 10.4 Å². The molecule has 0 unspecified atom stereocenters. The van der Waals surface area contributed by atoms with E-state index in [-0.39, 0.29) is 0 Å². The largest absolute Gasteiger partial charge is 0.396 e. The van der Waals surface area contributed by atoms with E-state index in [0.717, 1.165) is 35.5 Å². The Kier molecular flexibility index (Phi) is 7.93. The van der Waals surface area contributed by atoms with Gasteiger partial charge in [0.05, 0.1) is 0 Å². The number of nitrogens with one attached hydrogen (secondary N) is 1. The fourth-order valence-electron chi connectivity index (χ4n) is 1.28. The molecule has 0 heterocycles. The van der Waals surface area contributed by atoms with E-state index in [1.54, 1.807) is 0 Å². The van der Waals surface area contributed by atoms with Crippen molar-refractivity contribution in [3.8, 4) is 0 Å². The second-order valence-corrected chi connectivity index (χ2v) is 5.54. The zero-order valence-electron chi connectivity index (χ0n) is 9.29. The first-order valence-corrected chi connectivity index (χ1v) is 7.42. The molecule has 0 fully saturated rings. The summed E-state index contributed by atoms with van der Waals surface area (Å²) >= 11 is 5.41. The fourth-order valence-corrected chi connectivity index (χ4v) is 2.53. The minimum absolute atomic E-state index is 0.303. The third-order valence-electron chi connectivity index (χ3n) is 2.14. The lowest BCUT2D eigenvalue weighted by Crippen LogP contribution is -2.17. The molecule has 0 aliphatic carbocycles. The lowest BCUT2D eigenvalue weighted by atomic mass is 10.2. The zero-order valence-corrected chi connectivity index (χ0v) is 11.7. The molecule has 90 valence electrons. The van der Waals surface area contributed by atoms with Crippen LogP contribution in [0.2, 0.25) is 0 Å². The van der Waals surface area contributed by atoms with Crippen LogP contribution in [0, 0.1) is 0 Å². The Balaban J connectivity index is 2.05. The molecule has 0 aromatic heterocycles. The van der Waals surface area contributed by atoms with Crippen molar-refractivity contribution in [3.63, 3.8) is 0 Å². The van der Waals surface area contributed by atoms with Crippen LogP contribution in [-0.2, 0) is 6.54 Å². The zero-order chi connectivity index (χ0) is 11.6. The highest BCUT2D eigenvalue weighted by Gasteiger charge is 1.97. The molecule has 0 aliphatic heterocycles. The molecule has 1 rings (SSSR count). The summed E-state index contributed by atoms with van der Waals surface area (Å²) in [6, 6.07) is 8.26. The molecule has 4 heteroatoms. The number of halogens is 1. The molecule has 0 amide bonds. The average molecular weight is 304 g/mol. The van der Waals surface area contributed by atoms with Gasteiger partial charge in [0.15, 0.2) is 0 Å². The van der Waals surface area contributed by atoms with Crippen molar-refractivity contribution in [1.29, 1.82) is 0 Å². The summed E-state index contributed by atoms with van der Waals surface area (Å²) in [5, 5.41) is 12.0. The van der Waals surface area contributed by atoms with Gasteiger partial charge in [-0.05, 0) is 23.8 Å². The summed E-state index contributed by atoms with van der Waals surface area (Å²) in [7, 11) is 0. The van der Waals surface area contributed by atoms with Gasteiger partial charge in [0.25, 0.3) is 0 Å². The van der Waals surface area contributed by atoms with Gasteiger partial charge in [-0.3, -0.25) is 0 Å². The maximum absolute atomic E-state index is 8.61. The van der Waals surface area contributed by atoms with Crippen molar-refractivity contribution in [1.82, 2.24) is 5.32 Å². The quantitative estimate of drug-likeness (QED) is 0.724. The first kappa shape index (κ1) is 14.0. The Morgan fingerprint density at radius 1 is 1.25 bits per heavy atom. The Bertz CT molecular complexity index is 296. The van der Waals surface area contributed by atoms with Crippen LogP contribution in [0.4, 0.5) is 0 Å². The van der Waals surface area contributed by atoms with Crippen LogP contribution < -0.4 is 5.32 Å². The van der Waals surface area contributed by atoms with Gasteiger partial charge in [0, 0.05) is 29.9 Å². The molecular weight excluding hydrogens is 286 g/mol. The first-order chi connectivity index (χ1) is 7.84. The van der Waals surface area contributed by atoms with Crippen LogP contribution in [0.15, 0.2) is 28.7 Å². The van der Waals surface area contributed by atoms with Crippen LogP contribution in [0.1, 0.15) is 12.0 Å².